The maximum Gasteiger partial charge on any atom is 0.354 e. The van der Waals surface area contributed by atoms with E-state index in [-0.39, 0.29) is 11.4 Å². The Morgan fingerprint density at radius 3 is 2.71 bits per heavy atom. The van der Waals surface area contributed by atoms with Crippen LogP contribution < -0.4 is 5.32 Å². The van der Waals surface area contributed by atoms with E-state index < -0.39 is 11.9 Å². The van der Waals surface area contributed by atoms with Crippen LogP contribution in [0.25, 0.3) is 0 Å². The Hall–Kier alpha value is -2.28. The largest absolute Gasteiger partial charge is 0.477 e. The normalized spacial score (nSPS) is 9.88. The lowest BCUT2D eigenvalue weighted by Crippen LogP contribution is -2.15. The summed E-state index contributed by atoms with van der Waals surface area (Å²) in [7, 11) is 0. The molecule has 0 aliphatic carbocycles. The van der Waals surface area contributed by atoms with Crippen molar-refractivity contribution in [3.05, 3.63) is 41.2 Å². The molecule has 6 nitrogen and oxygen atoms in total. The molecule has 0 saturated heterocycles. The Bertz CT molecular complexity index is 554. The Labute approximate surface area is 100.0 Å². The molecule has 7 heteroatoms. The standard InChI is InChI=1S/C10H7N3O3S/c14-8(13-10-11-4-5-17-10)6-2-1-3-7(12-6)9(15)16/h1-5H,(H,15,16)(H,11,13,14). The number of aromatic carboxylic acids is 1. The lowest BCUT2D eigenvalue weighted by molar-refractivity contribution is 0.0690. The number of anilines is 1. The fraction of sp³-hybridized carbons (Fsp3) is 0. The SMILES string of the molecule is O=C(O)c1cccc(C(=O)Nc2nccs2)n1. The maximum absolute atomic E-state index is 11.7. The topological polar surface area (TPSA) is 92.2 Å². The van der Waals surface area contributed by atoms with Crippen LogP contribution in [0, 0.1) is 0 Å². The number of amides is 1. The molecular formula is C10H7N3O3S. The van der Waals surface area contributed by atoms with Crippen molar-refractivity contribution in [2.75, 3.05) is 5.32 Å². The number of aromatic nitrogens is 2. The van der Waals surface area contributed by atoms with Crippen LogP contribution in [0.1, 0.15) is 21.0 Å². The van der Waals surface area contributed by atoms with Gasteiger partial charge in [0.1, 0.15) is 11.4 Å². The molecule has 17 heavy (non-hydrogen) atoms. The van der Waals surface area contributed by atoms with Crippen molar-refractivity contribution in [3.8, 4) is 0 Å². The Morgan fingerprint density at radius 2 is 2.06 bits per heavy atom. The molecule has 2 rings (SSSR count). The monoisotopic (exact) mass is 249 g/mol. The summed E-state index contributed by atoms with van der Waals surface area (Å²) < 4.78 is 0. The van der Waals surface area contributed by atoms with Crippen molar-refractivity contribution in [1.29, 1.82) is 0 Å². The molecule has 0 bridgehead atoms. The summed E-state index contributed by atoms with van der Waals surface area (Å²) in [6.07, 6.45) is 1.56. The van der Waals surface area contributed by atoms with E-state index in [1.54, 1.807) is 11.6 Å². The van der Waals surface area contributed by atoms with Crippen LogP contribution in [0.15, 0.2) is 29.8 Å². The number of nitrogens with one attached hydrogen (secondary N) is 1. The van der Waals surface area contributed by atoms with Crippen LogP contribution in [-0.4, -0.2) is 27.0 Å². The van der Waals surface area contributed by atoms with E-state index in [4.69, 9.17) is 5.11 Å². The zero-order chi connectivity index (χ0) is 12.3. The van der Waals surface area contributed by atoms with Gasteiger partial charge in [-0.25, -0.2) is 14.8 Å². The summed E-state index contributed by atoms with van der Waals surface area (Å²) in [5.74, 6) is -1.66. The molecule has 86 valence electrons. The summed E-state index contributed by atoms with van der Waals surface area (Å²) in [5.41, 5.74) is -0.128. The highest BCUT2D eigenvalue weighted by atomic mass is 32.1. The molecule has 0 saturated carbocycles. The highest BCUT2D eigenvalue weighted by Crippen LogP contribution is 2.11. The van der Waals surface area contributed by atoms with Crippen molar-refractivity contribution in [2.45, 2.75) is 0 Å². The lowest BCUT2D eigenvalue weighted by Gasteiger charge is -2.01. The number of carbonyl (C=O) groups excluding carboxylic acids is 1. The molecule has 0 spiro atoms. The zero-order valence-corrected chi connectivity index (χ0v) is 9.27. The molecule has 2 aromatic rings. The van der Waals surface area contributed by atoms with Gasteiger partial charge in [0.15, 0.2) is 5.13 Å². The second kappa shape index (κ2) is 4.71. The average molecular weight is 249 g/mol. The molecule has 0 unspecified atom stereocenters. The minimum Gasteiger partial charge on any atom is -0.477 e. The van der Waals surface area contributed by atoms with Gasteiger partial charge in [-0.1, -0.05) is 6.07 Å². The molecule has 2 aromatic heterocycles. The van der Waals surface area contributed by atoms with Gasteiger partial charge in [-0.15, -0.1) is 11.3 Å². The van der Waals surface area contributed by atoms with E-state index in [9.17, 15) is 9.59 Å². The van der Waals surface area contributed by atoms with Crippen LogP contribution in [0.2, 0.25) is 0 Å². The number of thiazole rings is 1. The minimum atomic E-state index is -1.17. The summed E-state index contributed by atoms with van der Waals surface area (Å²) in [6.45, 7) is 0. The van der Waals surface area contributed by atoms with Gasteiger partial charge in [0.2, 0.25) is 0 Å². The van der Waals surface area contributed by atoms with Crippen molar-refractivity contribution >= 4 is 28.3 Å². The molecule has 0 atom stereocenters. The van der Waals surface area contributed by atoms with Gasteiger partial charge in [-0.3, -0.25) is 10.1 Å². The second-order valence-corrected chi connectivity index (χ2v) is 3.90. The molecule has 1 amide bonds. The van der Waals surface area contributed by atoms with Gasteiger partial charge in [-0.2, -0.15) is 0 Å². The van der Waals surface area contributed by atoms with Crippen LogP contribution in [-0.2, 0) is 0 Å². The highest BCUT2D eigenvalue weighted by molar-refractivity contribution is 7.13. The predicted molar refractivity (Wildman–Crippen MR) is 61.3 cm³/mol. The number of hydrogen-bond acceptors (Lipinski definition) is 5. The molecule has 0 aliphatic heterocycles. The summed E-state index contributed by atoms with van der Waals surface area (Å²) in [4.78, 5) is 30.0. The first kappa shape index (κ1) is 11.2. The maximum atomic E-state index is 11.7. The van der Waals surface area contributed by atoms with E-state index in [2.05, 4.69) is 15.3 Å². The van der Waals surface area contributed by atoms with Crippen LogP contribution in [0.3, 0.4) is 0 Å². The van der Waals surface area contributed by atoms with Crippen molar-refractivity contribution < 1.29 is 14.7 Å². The first-order valence-electron chi connectivity index (χ1n) is 4.58. The average Bonchev–Trinajstić information content (AvgIpc) is 2.82. The number of pyridine rings is 1. The van der Waals surface area contributed by atoms with Crippen molar-refractivity contribution in [3.63, 3.8) is 0 Å². The Balaban J connectivity index is 2.19. The number of rotatable bonds is 3. The zero-order valence-electron chi connectivity index (χ0n) is 8.45. The smallest absolute Gasteiger partial charge is 0.354 e. The number of hydrogen-bond donors (Lipinski definition) is 2. The Morgan fingerprint density at radius 1 is 1.29 bits per heavy atom. The first-order valence-corrected chi connectivity index (χ1v) is 5.46. The van der Waals surface area contributed by atoms with E-state index in [1.165, 1.54) is 29.5 Å². The van der Waals surface area contributed by atoms with E-state index in [0.717, 1.165) is 0 Å². The summed E-state index contributed by atoms with van der Waals surface area (Å²) >= 11 is 1.27. The van der Waals surface area contributed by atoms with Gasteiger partial charge >= 0.3 is 5.97 Å². The molecule has 0 radical (unpaired) electrons. The molecular weight excluding hydrogens is 242 g/mol. The summed E-state index contributed by atoms with van der Waals surface area (Å²) in [6, 6.07) is 4.23. The van der Waals surface area contributed by atoms with Gasteiger partial charge in [0, 0.05) is 11.6 Å². The Kier molecular flexibility index (Phi) is 3.10. The lowest BCUT2D eigenvalue weighted by atomic mass is 10.3. The van der Waals surface area contributed by atoms with Gasteiger partial charge in [-0.05, 0) is 12.1 Å². The van der Waals surface area contributed by atoms with E-state index in [0.29, 0.717) is 5.13 Å². The number of carboxylic acids is 1. The third-order valence-corrected chi connectivity index (χ3v) is 2.54. The minimum absolute atomic E-state index is 0.0418. The fourth-order valence-corrected chi connectivity index (χ4v) is 1.65. The van der Waals surface area contributed by atoms with E-state index in [1.807, 2.05) is 0 Å². The molecule has 2 heterocycles. The highest BCUT2D eigenvalue weighted by Gasteiger charge is 2.12. The van der Waals surface area contributed by atoms with E-state index >= 15 is 0 Å². The predicted octanol–water partition coefficient (Wildman–Crippen LogP) is 1.49. The quantitative estimate of drug-likeness (QED) is 0.859. The third-order valence-electron chi connectivity index (χ3n) is 1.85. The molecule has 2 N–H and O–H groups in total. The van der Waals surface area contributed by atoms with Crippen molar-refractivity contribution in [2.24, 2.45) is 0 Å². The van der Waals surface area contributed by atoms with Gasteiger partial charge in [0.25, 0.3) is 5.91 Å². The second-order valence-electron chi connectivity index (χ2n) is 3.00. The van der Waals surface area contributed by atoms with Gasteiger partial charge in [0.05, 0.1) is 0 Å². The van der Waals surface area contributed by atoms with Crippen molar-refractivity contribution in [1.82, 2.24) is 9.97 Å². The molecule has 0 aromatic carbocycles. The number of nitrogens with zero attached hydrogens (tertiary/aromatic N) is 2. The number of carboxylic acid groups (broad SMARTS) is 1. The molecule has 0 aliphatic rings. The molecule has 0 fully saturated rings. The van der Waals surface area contributed by atoms with Gasteiger partial charge < -0.3 is 5.11 Å². The third kappa shape index (κ3) is 2.64. The number of carbonyl (C=O) groups is 2. The first-order chi connectivity index (χ1) is 8.16. The van der Waals surface area contributed by atoms with Crippen LogP contribution in [0.4, 0.5) is 5.13 Å². The fourth-order valence-electron chi connectivity index (χ4n) is 1.13. The summed E-state index contributed by atoms with van der Waals surface area (Å²) in [5, 5.41) is 13.4. The van der Waals surface area contributed by atoms with Crippen LogP contribution >= 0.6 is 11.3 Å². The van der Waals surface area contributed by atoms with Crippen LogP contribution in [0.5, 0.6) is 0 Å².